The van der Waals surface area contributed by atoms with E-state index >= 15 is 0 Å². The molecule has 15 heavy (non-hydrogen) atoms. The van der Waals surface area contributed by atoms with E-state index in [4.69, 9.17) is 11.6 Å². The third-order valence-corrected chi connectivity index (χ3v) is 2.54. The van der Waals surface area contributed by atoms with Gasteiger partial charge in [-0.3, -0.25) is 0 Å². The van der Waals surface area contributed by atoms with Crippen LogP contribution in [0.2, 0.25) is 0 Å². The van der Waals surface area contributed by atoms with E-state index in [0.717, 1.165) is 6.54 Å². The van der Waals surface area contributed by atoms with Crippen LogP contribution in [0.1, 0.15) is 25.5 Å². The minimum absolute atomic E-state index is 0.239. The van der Waals surface area contributed by atoms with Gasteiger partial charge in [-0.05, 0) is 19.4 Å². The fourth-order valence-corrected chi connectivity index (χ4v) is 1.64. The summed E-state index contributed by atoms with van der Waals surface area (Å²) in [7, 11) is 0. The summed E-state index contributed by atoms with van der Waals surface area (Å²) in [6.07, 6.45) is 2.17. The molecule has 0 fully saturated rings. The van der Waals surface area contributed by atoms with Crippen LogP contribution in [-0.4, -0.2) is 12.4 Å². The van der Waals surface area contributed by atoms with E-state index < -0.39 is 0 Å². The van der Waals surface area contributed by atoms with Crippen molar-refractivity contribution in [2.75, 3.05) is 12.4 Å². The SMILES string of the molecule is CC(C)=CCNC(CCl)c1ccccc1. The number of nitrogens with one attached hydrogen (secondary N) is 1. The molecular weight excluding hydrogens is 206 g/mol. The lowest BCUT2D eigenvalue weighted by atomic mass is 10.1. The molecule has 0 amide bonds. The zero-order valence-electron chi connectivity index (χ0n) is 9.33. The van der Waals surface area contributed by atoms with Crippen molar-refractivity contribution in [3.63, 3.8) is 0 Å². The molecule has 1 unspecified atom stereocenters. The van der Waals surface area contributed by atoms with E-state index in [0.29, 0.717) is 5.88 Å². The van der Waals surface area contributed by atoms with Gasteiger partial charge in [0.2, 0.25) is 0 Å². The minimum Gasteiger partial charge on any atom is -0.305 e. The lowest BCUT2D eigenvalue weighted by Gasteiger charge is -2.15. The van der Waals surface area contributed by atoms with Gasteiger partial charge in [0, 0.05) is 18.5 Å². The Balaban J connectivity index is 2.54. The van der Waals surface area contributed by atoms with Crippen LogP contribution in [0.25, 0.3) is 0 Å². The summed E-state index contributed by atoms with van der Waals surface area (Å²) < 4.78 is 0. The fourth-order valence-electron chi connectivity index (χ4n) is 1.35. The molecule has 0 spiro atoms. The summed E-state index contributed by atoms with van der Waals surface area (Å²) in [5.74, 6) is 0.598. The van der Waals surface area contributed by atoms with Crippen molar-refractivity contribution in [2.45, 2.75) is 19.9 Å². The van der Waals surface area contributed by atoms with Gasteiger partial charge in [-0.1, -0.05) is 42.0 Å². The topological polar surface area (TPSA) is 12.0 Å². The standard InChI is InChI=1S/C13H18ClN/c1-11(2)8-9-15-13(10-14)12-6-4-3-5-7-12/h3-8,13,15H,9-10H2,1-2H3. The monoisotopic (exact) mass is 223 g/mol. The van der Waals surface area contributed by atoms with Crippen molar-refractivity contribution < 1.29 is 0 Å². The average molecular weight is 224 g/mol. The Morgan fingerprint density at radius 2 is 2.00 bits per heavy atom. The Kier molecular flexibility index (Phi) is 5.44. The number of halogens is 1. The molecular formula is C13H18ClN. The third-order valence-electron chi connectivity index (χ3n) is 2.23. The molecule has 1 nitrogen and oxygen atoms in total. The average Bonchev–Trinajstić information content (AvgIpc) is 2.25. The molecule has 0 aliphatic heterocycles. The molecule has 1 atom stereocenters. The van der Waals surface area contributed by atoms with Gasteiger partial charge in [0.1, 0.15) is 0 Å². The quantitative estimate of drug-likeness (QED) is 0.595. The first-order valence-electron chi connectivity index (χ1n) is 5.21. The summed E-state index contributed by atoms with van der Waals surface area (Å²) >= 11 is 5.93. The highest BCUT2D eigenvalue weighted by molar-refractivity contribution is 6.18. The molecule has 0 heterocycles. The van der Waals surface area contributed by atoms with E-state index in [2.05, 4.69) is 37.4 Å². The number of allylic oxidation sites excluding steroid dienone is 1. The van der Waals surface area contributed by atoms with Gasteiger partial charge in [0.05, 0.1) is 0 Å². The predicted molar refractivity (Wildman–Crippen MR) is 67.3 cm³/mol. The molecule has 0 saturated heterocycles. The van der Waals surface area contributed by atoms with Crippen molar-refractivity contribution in [1.82, 2.24) is 5.32 Å². The van der Waals surface area contributed by atoms with Crippen LogP contribution in [0.5, 0.6) is 0 Å². The molecule has 2 heteroatoms. The van der Waals surface area contributed by atoms with Crippen LogP contribution < -0.4 is 5.32 Å². The Labute approximate surface area is 97.1 Å². The van der Waals surface area contributed by atoms with E-state index in [1.165, 1.54) is 11.1 Å². The second kappa shape index (κ2) is 6.65. The maximum absolute atomic E-state index is 5.93. The highest BCUT2D eigenvalue weighted by Crippen LogP contribution is 2.13. The molecule has 0 radical (unpaired) electrons. The van der Waals surface area contributed by atoms with Gasteiger partial charge in [0.25, 0.3) is 0 Å². The summed E-state index contributed by atoms with van der Waals surface area (Å²) in [5.41, 5.74) is 2.57. The fraction of sp³-hybridized carbons (Fsp3) is 0.385. The van der Waals surface area contributed by atoms with Crippen molar-refractivity contribution >= 4 is 11.6 Å². The zero-order chi connectivity index (χ0) is 11.1. The number of hydrogen-bond donors (Lipinski definition) is 1. The number of hydrogen-bond acceptors (Lipinski definition) is 1. The van der Waals surface area contributed by atoms with Crippen molar-refractivity contribution in [1.29, 1.82) is 0 Å². The Bertz CT molecular complexity index is 302. The Morgan fingerprint density at radius 3 is 2.53 bits per heavy atom. The highest BCUT2D eigenvalue weighted by Gasteiger charge is 2.07. The largest absolute Gasteiger partial charge is 0.305 e. The van der Waals surface area contributed by atoms with Gasteiger partial charge < -0.3 is 5.32 Å². The highest BCUT2D eigenvalue weighted by atomic mass is 35.5. The number of alkyl halides is 1. The first-order valence-corrected chi connectivity index (χ1v) is 5.75. The molecule has 0 aliphatic carbocycles. The zero-order valence-corrected chi connectivity index (χ0v) is 10.1. The Hall–Kier alpha value is -0.790. The second-order valence-electron chi connectivity index (χ2n) is 3.81. The van der Waals surface area contributed by atoms with Crippen LogP contribution in [0.3, 0.4) is 0 Å². The lowest BCUT2D eigenvalue weighted by molar-refractivity contribution is 0.622. The predicted octanol–water partition coefficient (Wildman–Crippen LogP) is 3.52. The van der Waals surface area contributed by atoms with Crippen molar-refractivity contribution in [3.05, 3.63) is 47.5 Å². The van der Waals surface area contributed by atoms with Crippen LogP contribution in [0, 0.1) is 0 Å². The van der Waals surface area contributed by atoms with Crippen molar-refractivity contribution in [2.24, 2.45) is 0 Å². The number of rotatable bonds is 5. The lowest BCUT2D eigenvalue weighted by Crippen LogP contribution is -2.22. The van der Waals surface area contributed by atoms with Gasteiger partial charge in [0.15, 0.2) is 0 Å². The Morgan fingerprint density at radius 1 is 1.33 bits per heavy atom. The van der Waals surface area contributed by atoms with Gasteiger partial charge in [-0.15, -0.1) is 11.6 Å². The van der Waals surface area contributed by atoms with Crippen molar-refractivity contribution in [3.8, 4) is 0 Å². The molecule has 0 aliphatic rings. The molecule has 1 N–H and O–H groups in total. The summed E-state index contributed by atoms with van der Waals surface area (Å²) in [5, 5.41) is 3.41. The maximum atomic E-state index is 5.93. The van der Waals surface area contributed by atoms with Crippen LogP contribution >= 0.6 is 11.6 Å². The van der Waals surface area contributed by atoms with Crippen LogP contribution in [-0.2, 0) is 0 Å². The van der Waals surface area contributed by atoms with Gasteiger partial charge in [-0.2, -0.15) is 0 Å². The number of benzene rings is 1. The molecule has 1 rings (SSSR count). The summed E-state index contributed by atoms with van der Waals surface area (Å²) in [6, 6.07) is 10.5. The first-order chi connectivity index (χ1) is 7.24. The minimum atomic E-state index is 0.239. The molecule has 0 saturated carbocycles. The van der Waals surface area contributed by atoms with Gasteiger partial charge >= 0.3 is 0 Å². The molecule has 82 valence electrons. The molecule has 1 aromatic rings. The van der Waals surface area contributed by atoms with E-state index in [9.17, 15) is 0 Å². The smallest absolute Gasteiger partial charge is 0.0459 e. The maximum Gasteiger partial charge on any atom is 0.0459 e. The molecule has 0 bridgehead atoms. The summed E-state index contributed by atoms with van der Waals surface area (Å²) in [4.78, 5) is 0. The van der Waals surface area contributed by atoms with Crippen LogP contribution in [0.15, 0.2) is 42.0 Å². The van der Waals surface area contributed by atoms with E-state index in [1.807, 2.05) is 18.2 Å². The third kappa shape index (κ3) is 4.50. The van der Waals surface area contributed by atoms with E-state index in [-0.39, 0.29) is 6.04 Å². The first kappa shape index (κ1) is 12.3. The molecule has 1 aromatic carbocycles. The summed E-state index contributed by atoms with van der Waals surface area (Å²) in [6.45, 7) is 5.06. The van der Waals surface area contributed by atoms with E-state index in [1.54, 1.807) is 0 Å². The second-order valence-corrected chi connectivity index (χ2v) is 4.12. The van der Waals surface area contributed by atoms with Gasteiger partial charge in [-0.25, -0.2) is 0 Å². The molecule has 0 aromatic heterocycles. The normalized spacial score (nSPS) is 12.2. The van der Waals surface area contributed by atoms with Crippen LogP contribution in [0.4, 0.5) is 0 Å².